The number of amides is 5. The molecule has 56 heavy (non-hydrogen) atoms. The Balaban J connectivity index is 0.749. The van der Waals surface area contributed by atoms with Gasteiger partial charge in [-0.3, -0.25) is 43.9 Å². The van der Waals surface area contributed by atoms with Crippen molar-refractivity contribution in [2.75, 3.05) is 37.4 Å². The highest BCUT2D eigenvalue weighted by atomic mass is 16.5. The molecule has 0 bridgehead atoms. The van der Waals surface area contributed by atoms with Crippen molar-refractivity contribution in [3.8, 4) is 5.75 Å². The fraction of sp³-hybridized carbons (Fsp3) is 0.452. The van der Waals surface area contributed by atoms with Gasteiger partial charge >= 0.3 is 0 Å². The third kappa shape index (κ3) is 6.69. The van der Waals surface area contributed by atoms with Gasteiger partial charge in [0.2, 0.25) is 11.8 Å². The first-order chi connectivity index (χ1) is 27.2. The average molecular weight is 759 g/mol. The highest BCUT2D eigenvalue weighted by Crippen LogP contribution is 2.51. The Kier molecular flexibility index (Phi) is 9.31. The lowest BCUT2D eigenvalue weighted by Crippen LogP contribution is -2.54. The van der Waals surface area contributed by atoms with Crippen molar-refractivity contribution in [3.63, 3.8) is 0 Å². The Morgan fingerprint density at radius 1 is 0.946 bits per heavy atom. The van der Waals surface area contributed by atoms with Gasteiger partial charge in [0.25, 0.3) is 17.7 Å². The number of methoxy groups -OCH3 is 1. The molecule has 14 heteroatoms. The highest BCUT2D eigenvalue weighted by Gasteiger charge is 2.48. The molecular weight excluding hydrogens is 713 g/mol. The number of nitrogens with one attached hydrogen (secondary N) is 3. The van der Waals surface area contributed by atoms with E-state index < -0.39 is 23.8 Å². The largest absolute Gasteiger partial charge is 0.494 e. The molecule has 1 atom stereocenters. The molecule has 5 heterocycles. The summed E-state index contributed by atoms with van der Waals surface area (Å²) in [6.07, 6.45) is 12.7. The number of carbonyl (C=O) groups excluding carboxylic acids is 5. The van der Waals surface area contributed by atoms with Gasteiger partial charge in [0.1, 0.15) is 17.5 Å². The second-order valence-corrected chi connectivity index (χ2v) is 16.3. The lowest BCUT2D eigenvalue weighted by atomic mass is 9.60. The van der Waals surface area contributed by atoms with Crippen LogP contribution in [0.4, 0.5) is 11.4 Å². The summed E-state index contributed by atoms with van der Waals surface area (Å²) in [7, 11) is 1.59. The molecule has 3 aliphatic heterocycles. The van der Waals surface area contributed by atoms with Crippen molar-refractivity contribution in [2.24, 2.45) is 11.3 Å². The second-order valence-electron chi connectivity index (χ2n) is 16.3. The third-order valence-corrected chi connectivity index (χ3v) is 12.8. The quantitative estimate of drug-likeness (QED) is 0.194. The van der Waals surface area contributed by atoms with E-state index in [0.29, 0.717) is 51.3 Å². The van der Waals surface area contributed by atoms with Gasteiger partial charge in [-0.2, -0.15) is 5.10 Å². The number of piperidine rings is 2. The lowest BCUT2D eigenvalue weighted by Gasteiger charge is -2.53. The molecule has 2 aliphatic carbocycles. The van der Waals surface area contributed by atoms with Crippen LogP contribution in [0, 0.1) is 11.3 Å². The zero-order valence-electron chi connectivity index (χ0n) is 31.5. The topological polar surface area (TPSA) is 168 Å². The molecular formula is C42H46N8O6. The fourth-order valence-electron chi connectivity index (χ4n) is 9.73. The molecule has 3 N–H and O–H groups in total. The summed E-state index contributed by atoms with van der Waals surface area (Å²) in [5.74, 6) is -1.02. The van der Waals surface area contributed by atoms with Gasteiger partial charge in [-0.05, 0) is 113 Å². The van der Waals surface area contributed by atoms with Crippen molar-refractivity contribution in [1.29, 1.82) is 0 Å². The predicted molar refractivity (Wildman–Crippen MR) is 207 cm³/mol. The van der Waals surface area contributed by atoms with E-state index in [4.69, 9.17) is 9.84 Å². The zero-order chi connectivity index (χ0) is 38.6. The molecule has 4 fully saturated rings. The Morgan fingerprint density at radius 2 is 1.75 bits per heavy atom. The molecule has 2 aromatic heterocycles. The molecule has 5 amide bonds. The smallest absolute Gasteiger partial charge is 0.274 e. The van der Waals surface area contributed by atoms with Crippen molar-refractivity contribution < 1.29 is 28.7 Å². The minimum absolute atomic E-state index is 0.0958. The minimum Gasteiger partial charge on any atom is -0.494 e. The maximum Gasteiger partial charge on any atom is 0.274 e. The van der Waals surface area contributed by atoms with Crippen LogP contribution in [-0.2, 0) is 9.59 Å². The molecule has 2 saturated carbocycles. The zero-order valence-corrected chi connectivity index (χ0v) is 31.5. The standard InChI is InChI=1S/C42H46N8O6/c1-56-35-20-32-26(19-33(35)45-38(52)31-6-2-3-16-43-31)24-49(47-32)28-10-8-25(9-11-28)23-48-17-14-42(15-18-48)21-27(22-42)44-30-7-4-5-29-37(30)41(55)50(40(29)54)34-12-13-36(51)46-39(34)53/h2-7,16,19-20,24-25,27-28,34,44H,8-15,17-18,21-23H2,1H3,(H,45,52)(H,46,51,53). The normalized spacial score (nSPS) is 23.9. The van der Waals surface area contributed by atoms with Crippen LogP contribution in [-0.4, -0.2) is 92.9 Å². The molecule has 2 saturated heterocycles. The van der Waals surface area contributed by atoms with E-state index in [2.05, 4.69) is 36.7 Å². The van der Waals surface area contributed by atoms with Gasteiger partial charge < -0.3 is 20.3 Å². The molecule has 1 spiro atoms. The van der Waals surface area contributed by atoms with E-state index in [-0.39, 0.29) is 30.7 Å². The lowest BCUT2D eigenvalue weighted by molar-refractivity contribution is -0.136. The summed E-state index contributed by atoms with van der Waals surface area (Å²) < 4.78 is 7.70. The number of pyridine rings is 1. The number of fused-ring (bicyclic) bond motifs is 2. The summed E-state index contributed by atoms with van der Waals surface area (Å²) in [4.78, 5) is 71.6. The third-order valence-electron chi connectivity index (χ3n) is 12.8. The van der Waals surface area contributed by atoms with Crippen LogP contribution in [0.25, 0.3) is 10.9 Å². The van der Waals surface area contributed by atoms with E-state index in [1.807, 2.05) is 18.2 Å². The number of ether oxygens (including phenoxy) is 1. The Hall–Kier alpha value is -5.63. The first kappa shape index (κ1) is 36.0. The Labute approximate surface area is 324 Å². The van der Waals surface area contributed by atoms with Gasteiger partial charge in [0.05, 0.1) is 35.5 Å². The van der Waals surface area contributed by atoms with Crippen LogP contribution >= 0.6 is 0 Å². The predicted octanol–water partition coefficient (Wildman–Crippen LogP) is 5.18. The van der Waals surface area contributed by atoms with Crippen LogP contribution in [0.2, 0.25) is 0 Å². The number of imide groups is 2. The number of nitrogens with zero attached hydrogens (tertiary/aromatic N) is 5. The molecule has 9 rings (SSSR count). The van der Waals surface area contributed by atoms with Crippen LogP contribution in [0.15, 0.2) is 60.9 Å². The number of rotatable bonds is 9. The molecule has 14 nitrogen and oxygen atoms in total. The summed E-state index contributed by atoms with van der Waals surface area (Å²) in [5, 5.41) is 14.6. The van der Waals surface area contributed by atoms with E-state index >= 15 is 0 Å². The number of aromatic nitrogens is 3. The van der Waals surface area contributed by atoms with Crippen LogP contribution in [0.1, 0.15) is 101 Å². The average Bonchev–Trinajstić information content (AvgIpc) is 3.72. The van der Waals surface area contributed by atoms with E-state index in [1.165, 1.54) is 0 Å². The number of hydrogen-bond donors (Lipinski definition) is 3. The molecule has 0 radical (unpaired) electrons. The van der Waals surface area contributed by atoms with E-state index in [1.54, 1.807) is 43.6 Å². The van der Waals surface area contributed by atoms with Gasteiger partial charge in [-0.15, -0.1) is 0 Å². The van der Waals surface area contributed by atoms with Gasteiger partial charge in [0, 0.05) is 48.5 Å². The van der Waals surface area contributed by atoms with E-state index in [0.717, 1.165) is 86.8 Å². The molecule has 1 unspecified atom stereocenters. The summed E-state index contributed by atoms with van der Waals surface area (Å²) in [6, 6.07) is 13.9. The number of benzene rings is 2. The molecule has 4 aromatic rings. The number of hydrogen-bond acceptors (Lipinski definition) is 10. The first-order valence-corrected chi connectivity index (χ1v) is 19.8. The highest BCUT2D eigenvalue weighted by molar-refractivity contribution is 6.25. The van der Waals surface area contributed by atoms with Crippen LogP contribution < -0.4 is 20.7 Å². The number of carbonyl (C=O) groups is 5. The van der Waals surface area contributed by atoms with Crippen LogP contribution in [0.5, 0.6) is 5.75 Å². The summed E-state index contributed by atoms with van der Waals surface area (Å²) >= 11 is 0. The maximum atomic E-state index is 13.5. The van der Waals surface area contributed by atoms with E-state index in [9.17, 15) is 24.0 Å². The molecule has 2 aromatic carbocycles. The van der Waals surface area contributed by atoms with Crippen molar-refractivity contribution in [2.45, 2.75) is 82.3 Å². The van der Waals surface area contributed by atoms with Crippen molar-refractivity contribution >= 4 is 51.8 Å². The van der Waals surface area contributed by atoms with Gasteiger partial charge in [-0.1, -0.05) is 12.1 Å². The summed E-state index contributed by atoms with van der Waals surface area (Å²) in [6.45, 7) is 3.30. The van der Waals surface area contributed by atoms with Crippen molar-refractivity contribution in [1.82, 2.24) is 29.9 Å². The number of anilines is 2. The molecule has 290 valence electrons. The summed E-state index contributed by atoms with van der Waals surface area (Å²) in [5.41, 5.74) is 3.33. The SMILES string of the molecule is COc1cc2nn(C3CCC(CN4CCC5(CC4)CC(Nc4cccc6c4C(=O)N(C4CCC(=O)NC4=O)C6=O)C5)CC3)cc2cc1NC(=O)c1ccccn1. The first-order valence-electron chi connectivity index (χ1n) is 19.8. The molecule has 5 aliphatic rings. The van der Waals surface area contributed by atoms with Gasteiger partial charge in [0.15, 0.2) is 0 Å². The fourth-order valence-corrected chi connectivity index (χ4v) is 9.73. The van der Waals surface area contributed by atoms with Crippen molar-refractivity contribution in [3.05, 3.63) is 77.7 Å². The Morgan fingerprint density at radius 3 is 2.48 bits per heavy atom. The van der Waals surface area contributed by atoms with Gasteiger partial charge in [-0.25, -0.2) is 0 Å². The number of likely N-dealkylation sites (tertiary alicyclic amines) is 1. The minimum atomic E-state index is -0.974. The van der Waals surface area contributed by atoms with Crippen LogP contribution in [0.3, 0.4) is 0 Å². The monoisotopic (exact) mass is 758 g/mol. The Bertz CT molecular complexity index is 2210. The second kappa shape index (κ2) is 14.5. The maximum absolute atomic E-state index is 13.5.